The maximum atomic E-state index is 5.94. The monoisotopic (exact) mass is 338 g/mol. The number of nitrogens with zero attached hydrogens (tertiary/aromatic N) is 2. The van der Waals surface area contributed by atoms with Crippen LogP contribution in [0.25, 0.3) is 16.7 Å². The van der Waals surface area contributed by atoms with Crippen molar-refractivity contribution in [2.75, 3.05) is 13.1 Å². The molecule has 122 valence electrons. The van der Waals surface area contributed by atoms with Gasteiger partial charge in [-0.25, -0.2) is 4.98 Å². The molecule has 0 amide bonds. The fourth-order valence-electron chi connectivity index (χ4n) is 3.07. The SMILES string of the molecule is Cc1ccc2oc(C3=CCN(Cc4ccc(Cl)cc4)CC3)nc2c1. The van der Waals surface area contributed by atoms with E-state index in [-0.39, 0.29) is 0 Å². The van der Waals surface area contributed by atoms with Gasteiger partial charge in [0.1, 0.15) is 5.52 Å². The van der Waals surface area contributed by atoms with Crippen LogP contribution in [0.2, 0.25) is 5.02 Å². The van der Waals surface area contributed by atoms with Crippen LogP contribution >= 0.6 is 11.6 Å². The molecule has 1 aliphatic rings. The molecule has 0 radical (unpaired) electrons. The highest BCUT2D eigenvalue weighted by Crippen LogP contribution is 2.26. The normalized spacial score (nSPS) is 15.7. The van der Waals surface area contributed by atoms with Crippen LogP contribution in [0, 0.1) is 6.92 Å². The van der Waals surface area contributed by atoms with E-state index in [1.54, 1.807) is 0 Å². The second-order valence-corrected chi connectivity index (χ2v) is 6.77. The smallest absolute Gasteiger partial charge is 0.222 e. The third-order valence-electron chi connectivity index (χ3n) is 4.43. The van der Waals surface area contributed by atoms with Crippen LogP contribution in [0.1, 0.15) is 23.4 Å². The van der Waals surface area contributed by atoms with Crippen molar-refractivity contribution in [3.63, 3.8) is 0 Å². The van der Waals surface area contributed by atoms with Gasteiger partial charge in [0.25, 0.3) is 0 Å². The van der Waals surface area contributed by atoms with E-state index in [4.69, 9.17) is 16.0 Å². The molecule has 3 aromatic rings. The van der Waals surface area contributed by atoms with Gasteiger partial charge in [-0.1, -0.05) is 35.9 Å². The van der Waals surface area contributed by atoms with E-state index < -0.39 is 0 Å². The molecule has 0 N–H and O–H groups in total. The van der Waals surface area contributed by atoms with E-state index in [2.05, 4.69) is 47.1 Å². The second-order valence-electron chi connectivity index (χ2n) is 6.33. The van der Waals surface area contributed by atoms with Crippen LogP contribution in [-0.4, -0.2) is 23.0 Å². The lowest BCUT2D eigenvalue weighted by Gasteiger charge is -2.25. The summed E-state index contributed by atoms with van der Waals surface area (Å²) in [6.07, 6.45) is 3.19. The fraction of sp³-hybridized carbons (Fsp3) is 0.250. The zero-order valence-electron chi connectivity index (χ0n) is 13.6. The standard InChI is InChI=1S/C20H19ClN2O/c1-14-2-7-19-18(12-14)22-20(24-19)16-8-10-23(11-9-16)13-15-3-5-17(21)6-4-15/h2-8,12H,9-11,13H2,1H3. The number of aryl methyl sites for hydroxylation is 1. The molecule has 1 aromatic heterocycles. The molecule has 0 saturated carbocycles. The summed E-state index contributed by atoms with van der Waals surface area (Å²) >= 11 is 5.94. The van der Waals surface area contributed by atoms with Crippen molar-refractivity contribution in [2.45, 2.75) is 19.9 Å². The molecule has 24 heavy (non-hydrogen) atoms. The first-order chi connectivity index (χ1) is 11.7. The minimum atomic E-state index is 0.766. The minimum Gasteiger partial charge on any atom is -0.436 e. The molecule has 0 saturated heterocycles. The summed E-state index contributed by atoms with van der Waals surface area (Å²) in [5.41, 5.74) is 5.49. The Balaban J connectivity index is 1.48. The topological polar surface area (TPSA) is 29.3 Å². The average Bonchev–Trinajstić information content (AvgIpc) is 3.01. The lowest BCUT2D eigenvalue weighted by atomic mass is 10.1. The van der Waals surface area contributed by atoms with Crippen molar-refractivity contribution in [1.29, 1.82) is 0 Å². The maximum absolute atomic E-state index is 5.94. The Labute approximate surface area is 146 Å². The van der Waals surface area contributed by atoms with Gasteiger partial charge in [0.15, 0.2) is 5.58 Å². The molecule has 0 atom stereocenters. The first-order valence-corrected chi connectivity index (χ1v) is 8.58. The van der Waals surface area contributed by atoms with Crippen molar-refractivity contribution in [2.24, 2.45) is 0 Å². The van der Waals surface area contributed by atoms with Gasteiger partial charge in [-0.15, -0.1) is 0 Å². The molecular weight excluding hydrogens is 320 g/mol. The third-order valence-corrected chi connectivity index (χ3v) is 4.68. The molecule has 3 nitrogen and oxygen atoms in total. The highest BCUT2D eigenvalue weighted by atomic mass is 35.5. The Hall–Kier alpha value is -2.10. The van der Waals surface area contributed by atoms with Crippen molar-refractivity contribution in [3.8, 4) is 0 Å². The van der Waals surface area contributed by atoms with Crippen LogP contribution in [0.3, 0.4) is 0 Å². The zero-order valence-corrected chi connectivity index (χ0v) is 14.4. The molecule has 4 heteroatoms. The van der Waals surface area contributed by atoms with Crippen molar-refractivity contribution < 1.29 is 4.42 Å². The lowest BCUT2D eigenvalue weighted by Crippen LogP contribution is -2.28. The van der Waals surface area contributed by atoms with Crippen LogP contribution in [0.4, 0.5) is 0 Å². The molecule has 1 aliphatic heterocycles. The number of rotatable bonds is 3. The highest BCUT2D eigenvalue weighted by molar-refractivity contribution is 6.30. The van der Waals surface area contributed by atoms with Crippen LogP contribution in [0.15, 0.2) is 53.0 Å². The van der Waals surface area contributed by atoms with Gasteiger partial charge in [-0.3, -0.25) is 4.90 Å². The van der Waals surface area contributed by atoms with Crippen molar-refractivity contribution in [1.82, 2.24) is 9.88 Å². The van der Waals surface area contributed by atoms with Gasteiger partial charge in [0.05, 0.1) is 0 Å². The van der Waals surface area contributed by atoms with E-state index >= 15 is 0 Å². The van der Waals surface area contributed by atoms with Crippen molar-refractivity contribution >= 4 is 28.3 Å². The van der Waals surface area contributed by atoms with Crippen molar-refractivity contribution in [3.05, 3.63) is 70.6 Å². The largest absolute Gasteiger partial charge is 0.436 e. The highest BCUT2D eigenvalue weighted by Gasteiger charge is 2.17. The first kappa shape index (κ1) is 15.4. The second kappa shape index (κ2) is 6.42. The molecule has 0 fully saturated rings. The number of hydrogen-bond acceptors (Lipinski definition) is 3. The Morgan fingerprint density at radius 2 is 2.00 bits per heavy atom. The average molecular weight is 339 g/mol. The van der Waals surface area contributed by atoms with Gasteiger partial charge in [-0.2, -0.15) is 0 Å². The number of hydrogen-bond donors (Lipinski definition) is 0. The molecular formula is C20H19ClN2O. The summed E-state index contributed by atoms with van der Waals surface area (Å²) in [6, 6.07) is 14.2. The Morgan fingerprint density at radius 3 is 2.75 bits per heavy atom. The van der Waals surface area contributed by atoms with E-state index in [1.807, 2.05) is 18.2 Å². The Kier molecular flexibility index (Phi) is 4.13. The zero-order chi connectivity index (χ0) is 16.5. The Morgan fingerprint density at radius 1 is 1.17 bits per heavy atom. The number of oxazole rings is 1. The molecule has 4 rings (SSSR count). The van der Waals surface area contributed by atoms with Crippen LogP contribution in [0.5, 0.6) is 0 Å². The first-order valence-electron chi connectivity index (χ1n) is 8.21. The predicted octanol–water partition coefficient (Wildman–Crippen LogP) is 5.08. The third kappa shape index (κ3) is 3.23. The number of fused-ring (bicyclic) bond motifs is 1. The quantitative estimate of drug-likeness (QED) is 0.667. The molecule has 0 spiro atoms. The summed E-state index contributed by atoms with van der Waals surface area (Å²) in [5, 5.41) is 0.783. The summed E-state index contributed by atoms with van der Waals surface area (Å²) in [4.78, 5) is 7.06. The summed E-state index contributed by atoms with van der Waals surface area (Å²) in [6.45, 7) is 4.93. The van der Waals surface area contributed by atoms with Gasteiger partial charge >= 0.3 is 0 Å². The summed E-state index contributed by atoms with van der Waals surface area (Å²) < 4.78 is 5.92. The van der Waals surface area contributed by atoms with Gasteiger partial charge in [0.2, 0.25) is 5.89 Å². The molecule has 0 bridgehead atoms. The molecule has 2 heterocycles. The number of aromatic nitrogens is 1. The van der Waals surface area contributed by atoms with Gasteiger partial charge < -0.3 is 4.42 Å². The fourth-order valence-corrected chi connectivity index (χ4v) is 3.20. The molecule has 2 aromatic carbocycles. The number of benzene rings is 2. The van der Waals surface area contributed by atoms with E-state index in [1.165, 1.54) is 16.7 Å². The lowest BCUT2D eigenvalue weighted by molar-refractivity contribution is 0.292. The predicted molar refractivity (Wildman–Crippen MR) is 98.1 cm³/mol. The van der Waals surface area contributed by atoms with E-state index in [0.29, 0.717) is 0 Å². The minimum absolute atomic E-state index is 0.766. The van der Waals surface area contributed by atoms with Crippen LogP contribution in [-0.2, 0) is 6.54 Å². The van der Waals surface area contributed by atoms with Crippen LogP contribution < -0.4 is 0 Å². The summed E-state index contributed by atoms with van der Waals surface area (Å²) in [7, 11) is 0. The van der Waals surface area contributed by atoms with Gasteiger partial charge in [0, 0.05) is 30.2 Å². The maximum Gasteiger partial charge on any atom is 0.222 e. The summed E-state index contributed by atoms with van der Waals surface area (Å²) in [5.74, 6) is 0.766. The van der Waals surface area contributed by atoms with Gasteiger partial charge in [-0.05, 0) is 48.7 Å². The Bertz CT molecular complexity index is 896. The van der Waals surface area contributed by atoms with E-state index in [9.17, 15) is 0 Å². The van der Waals surface area contributed by atoms with E-state index in [0.717, 1.165) is 48.1 Å². The number of halogens is 1. The molecule has 0 unspecified atom stereocenters. The molecule has 0 aliphatic carbocycles.